The van der Waals surface area contributed by atoms with Crippen LogP contribution >= 0.6 is 0 Å². The molecule has 0 aromatic carbocycles. The van der Waals surface area contributed by atoms with Crippen LogP contribution < -0.4 is 0 Å². The molecule has 0 amide bonds. The third kappa shape index (κ3) is 1.86. The maximum absolute atomic E-state index is 10.9. The lowest BCUT2D eigenvalue weighted by atomic mass is 10.2. The van der Waals surface area contributed by atoms with Crippen molar-refractivity contribution < 1.29 is 9.90 Å². The average Bonchev–Trinajstić information content (AvgIpc) is 2.71. The van der Waals surface area contributed by atoms with Gasteiger partial charge in [0.05, 0.1) is 17.5 Å². The molecule has 2 aromatic heterocycles. The number of nitrogens with zero attached hydrogens (tertiary/aromatic N) is 4. The molecule has 2 heterocycles. The lowest BCUT2D eigenvalue weighted by Crippen LogP contribution is -1.99. The molecule has 84 valence electrons. The lowest BCUT2D eigenvalue weighted by Gasteiger charge is -2.01. The Balaban J connectivity index is 2.58. The van der Waals surface area contributed by atoms with Gasteiger partial charge in [-0.2, -0.15) is 10.4 Å². The van der Waals surface area contributed by atoms with Crippen molar-refractivity contribution in [3.8, 4) is 11.8 Å². The number of pyridine rings is 1. The summed E-state index contributed by atoms with van der Waals surface area (Å²) in [5, 5.41) is 21.9. The van der Waals surface area contributed by atoms with E-state index >= 15 is 0 Å². The van der Waals surface area contributed by atoms with Crippen molar-refractivity contribution in [3.63, 3.8) is 0 Å². The van der Waals surface area contributed by atoms with Crippen molar-refractivity contribution in [2.75, 3.05) is 0 Å². The molecule has 0 bridgehead atoms. The van der Waals surface area contributed by atoms with E-state index in [-0.39, 0.29) is 5.56 Å². The van der Waals surface area contributed by atoms with Gasteiger partial charge in [-0.1, -0.05) is 0 Å². The van der Waals surface area contributed by atoms with Crippen molar-refractivity contribution >= 4 is 5.97 Å². The molecule has 0 atom stereocenters. The number of aromatic carboxylic acids is 1. The quantitative estimate of drug-likeness (QED) is 0.832. The number of carbonyl (C=O) groups is 1. The van der Waals surface area contributed by atoms with Gasteiger partial charge in [0.25, 0.3) is 0 Å². The second-order valence-electron chi connectivity index (χ2n) is 3.38. The number of rotatable bonds is 2. The van der Waals surface area contributed by atoms with E-state index in [2.05, 4.69) is 10.1 Å². The highest BCUT2D eigenvalue weighted by Gasteiger charge is 2.14. The molecule has 0 aliphatic carbocycles. The highest BCUT2D eigenvalue weighted by Crippen LogP contribution is 2.14. The summed E-state index contributed by atoms with van der Waals surface area (Å²) in [6, 6.07) is 3.55. The number of nitriles is 1. The molecule has 0 aliphatic heterocycles. The van der Waals surface area contributed by atoms with Gasteiger partial charge >= 0.3 is 5.97 Å². The third-order valence-corrected chi connectivity index (χ3v) is 2.30. The van der Waals surface area contributed by atoms with Crippen molar-refractivity contribution in [3.05, 3.63) is 41.5 Å². The maximum atomic E-state index is 10.9. The van der Waals surface area contributed by atoms with Crippen LogP contribution in [0.2, 0.25) is 0 Å². The fraction of sp³-hybridized carbons (Fsp3) is 0.0909. The van der Waals surface area contributed by atoms with Gasteiger partial charge in [-0.25, -0.2) is 9.48 Å². The van der Waals surface area contributed by atoms with Crippen molar-refractivity contribution in [1.29, 1.82) is 5.26 Å². The number of carboxylic acid groups (broad SMARTS) is 1. The minimum atomic E-state index is -1.05. The Kier molecular flexibility index (Phi) is 2.58. The SMILES string of the molecule is Cc1nn(-c2cnccc2C#N)cc1C(=O)O. The normalized spacial score (nSPS) is 9.88. The summed E-state index contributed by atoms with van der Waals surface area (Å²) in [5.74, 6) is -1.05. The van der Waals surface area contributed by atoms with Crippen LogP contribution in [0.15, 0.2) is 24.7 Å². The molecule has 0 spiro atoms. The van der Waals surface area contributed by atoms with Gasteiger partial charge in [-0.05, 0) is 13.0 Å². The number of aryl methyl sites for hydroxylation is 1. The van der Waals surface area contributed by atoms with E-state index in [4.69, 9.17) is 10.4 Å². The van der Waals surface area contributed by atoms with E-state index in [1.165, 1.54) is 23.3 Å². The summed E-state index contributed by atoms with van der Waals surface area (Å²) in [7, 11) is 0. The summed E-state index contributed by atoms with van der Waals surface area (Å²) in [5.41, 5.74) is 1.35. The fourth-order valence-electron chi connectivity index (χ4n) is 1.46. The molecule has 2 aromatic rings. The van der Waals surface area contributed by atoms with E-state index < -0.39 is 5.97 Å². The van der Waals surface area contributed by atoms with Crippen LogP contribution in [0.1, 0.15) is 21.6 Å². The van der Waals surface area contributed by atoms with E-state index in [1.807, 2.05) is 6.07 Å². The van der Waals surface area contributed by atoms with Crippen molar-refractivity contribution in [1.82, 2.24) is 14.8 Å². The molecule has 0 fully saturated rings. The van der Waals surface area contributed by atoms with E-state index in [0.717, 1.165) is 0 Å². The van der Waals surface area contributed by atoms with Gasteiger partial charge in [0.2, 0.25) is 0 Å². The lowest BCUT2D eigenvalue weighted by molar-refractivity contribution is 0.0696. The van der Waals surface area contributed by atoms with Gasteiger partial charge < -0.3 is 5.11 Å². The van der Waals surface area contributed by atoms with E-state index in [0.29, 0.717) is 16.9 Å². The summed E-state index contributed by atoms with van der Waals surface area (Å²) in [4.78, 5) is 14.8. The van der Waals surface area contributed by atoms with Crippen LogP contribution in [0, 0.1) is 18.3 Å². The van der Waals surface area contributed by atoms with Crippen LogP contribution in [-0.4, -0.2) is 25.8 Å². The molecule has 0 aliphatic rings. The standard InChI is InChI=1S/C11H8N4O2/c1-7-9(11(16)17)6-15(14-7)10-5-13-3-2-8(10)4-12/h2-3,5-6H,1H3,(H,16,17). The highest BCUT2D eigenvalue weighted by atomic mass is 16.4. The Morgan fingerprint density at radius 2 is 2.35 bits per heavy atom. The predicted molar refractivity (Wildman–Crippen MR) is 57.8 cm³/mol. The van der Waals surface area contributed by atoms with Gasteiger partial charge in [-0.3, -0.25) is 4.98 Å². The molecule has 0 radical (unpaired) electrons. The first kappa shape index (κ1) is 10.8. The van der Waals surface area contributed by atoms with Crippen LogP contribution in [0.5, 0.6) is 0 Å². The number of hydrogen-bond donors (Lipinski definition) is 1. The number of aromatic nitrogens is 3. The van der Waals surface area contributed by atoms with E-state index in [1.54, 1.807) is 13.0 Å². The Hall–Kier alpha value is -2.68. The first-order valence-corrected chi connectivity index (χ1v) is 4.77. The van der Waals surface area contributed by atoms with Gasteiger partial charge in [0.1, 0.15) is 17.3 Å². The molecular formula is C11H8N4O2. The largest absolute Gasteiger partial charge is 0.478 e. The van der Waals surface area contributed by atoms with Gasteiger partial charge in [0, 0.05) is 12.4 Å². The Morgan fingerprint density at radius 1 is 1.59 bits per heavy atom. The van der Waals surface area contributed by atoms with Gasteiger partial charge in [0.15, 0.2) is 0 Å². The molecule has 1 N–H and O–H groups in total. The summed E-state index contributed by atoms with van der Waals surface area (Å²) >= 11 is 0. The highest BCUT2D eigenvalue weighted by molar-refractivity contribution is 5.88. The molecule has 6 heteroatoms. The topological polar surface area (TPSA) is 91.8 Å². The number of hydrogen-bond acceptors (Lipinski definition) is 4. The molecule has 17 heavy (non-hydrogen) atoms. The minimum Gasteiger partial charge on any atom is -0.478 e. The van der Waals surface area contributed by atoms with Crippen LogP contribution in [0.4, 0.5) is 0 Å². The second kappa shape index (κ2) is 4.06. The molecule has 2 rings (SSSR count). The van der Waals surface area contributed by atoms with Gasteiger partial charge in [-0.15, -0.1) is 0 Å². The first-order valence-electron chi connectivity index (χ1n) is 4.77. The molecule has 6 nitrogen and oxygen atoms in total. The Labute approximate surface area is 96.8 Å². The fourth-order valence-corrected chi connectivity index (χ4v) is 1.46. The molecular weight excluding hydrogens is 220 g/mol. The van der Waals surface area contributed by atoms with Crippen molar-refractivity contribution in [2.45, 2.75) is 6.92 Å². The molecule has 0 unspecified atom stereocenters. The average molecular weight is 228 g/mol. The van der Waals surface area contributed by atoms with Crippen LogP contribution in [-0.2, 0) is 0 Å². The molecule has 0 saturated carbocycles. The number of carboxylic acids is 1. The third-order valence-electron chi connectivity index (χ3n) is 2.30. The minimum absolute atomic E-state index is 0.109. The zero-order chi connectivity index (χ0) is 12.4. The zero-order valence-corrected chi connectivity index (χ0v) is 8.95. The van der Waals surface area contributed by atoms with Crippen molar-refractivity contribution in [2.24, 2.45) is 0 Å². The smallest absolute Gasteiger partial charge is 0.339 e. The predicted octanol–water partition coefficient (Wildman–Crippen LogP) is 1.15. The summed E-state index contributed by atoms with van der Waals surface area (Å²) in [6.45, 7) is 1.60. The van der Waals surface area contributed by atoms with E-state index in [9.17, 15) is 4.79 Å². The maximum Gasteiger partial charge on any atom is 0.339 e. The van der Waals surface area contributed by atoms with Crippen LogP contribution in [0.3, 0.4) is 0 Å². The first-order chi connectivity index (χ1) is 8.13. The zero-order valence-electron chi connectivity index (χ0n) is 8.95. The second-order valence-corrected chi connectivity index (χ2v) is 3.38. The molecule has 0 saturated heterocycles. The Bertz CT molecular complexity index is 625. The Morgan fingerprint density at radius 3 is 2.94 bits per heavy atom. The van der Waals surface area contributed by atoms with Crippen LogP contribution in [0.25, 0.3) is 5.69 Å². The summed E-state index contributed by atoms with van der Waals surface area (Å²) < 4.78 is 1.35. The summed E-state index contributed by atoms with van der Waals surface area (Å²) in [6.07, 6.45) is 4.34. The monoisotopic (exact) mass is 228 g/mol.